The minimum Gasteiger partial charge on any atom is -0.326 e. The second kappa shape index (κ2) is 10.0. The minimum atomic E-state index is -0.610. The molecule has 1 saturated heterocycles. The Morgan fingerprint density at radius 2 is 1.97 bits per heavy atom. The van der Waals surface area contributed by atoms with Crippen LogP contribution in [0, 0.1) is 19.8 Å². The highest BCUT2D eigenvalue weighted by molar-refractivity contribution is 7.98. The number of carbonyl (C=O) groups excluding carboxylic acids is 2. The van der Waals surface area contributed by atoms with Gasteiger partial charge in [0.2, 0.25) is 5.91 Å². The number of anilines is 1. The molecule has 2 N–H and O–H groups in total. The van der Waals surface area contributed by atoms with Crippen molar-refractivity contribution in [3.63, 3.8) is 0 Å². The van der Waals surface area contributed by atoms with Crippen LogP contribution in [-0.2, 0) is 11.3 Å². The Hall–Kier alpha value is -2.74. The van der Waals surface area contributed by atoms with E-state index in [-0.39, 0.29) is 29.3 Å². The number of aryl methyl sites for hydroxylation is 2. The van der Waals surface area contributed by atoms with E-state index < -0.39 is 6.04 Å². The van der Waals surface area contributed by atoms with E-state index in [1.807, 2.05) is 53.8 Å². The lowest BCUT2D eigenvalue weighted by Crippen LogP contribution is -2.55. The predicted molar refractivity (Wildman–Crippen MR) is 133 cm³/mol. The number of benzene rings is 1. The molecule has 2 aliphatic heterocycles. The first-order valence-corrected chi connectivity index (χ1v) is 12.9. The summed E-state index contributed by atoms with van der Waals surface area (Å²) >= 11 is 1.65. The van der Waals surface area contributed by atoms with Gasteiger partial charge in [-0.2, -0.15) is 11.8 Å². The molecule has 0 saturated carbocycles. The van der Waals surface area contributed by atoms with Crippen LogP contribution >= 0.6 is 11.8 Å². The number of thioether (sulfide) groups is 1. The number of hydrogen-bond acceptors (Lipinski definition) is 4. The fraction of sp³-hybridized carbons (Fsp3) is 0.480. The molecule has 1 aromatic heterocycles. The number of fused-ring (bicyclic) bond motifs is 4. The van der Waals surface area contributed by atoms with E-state index in [0.29, 0.717) is 26.1 Å². The van der Waals surface area contributed by atoms with Gasteiger partial charge in [-0.05, 0) is 67.9 Å². The monoisotopic (exact) mass is 468 g/mol. The van der Waals surface area contributed by atoms with E-state index in [1.165, 1.54) is 0 Å². The quantitative estimate of drug-likeness (QED) is 0.681. The van der Waals surface area contributed by atoms with E-state index >= 15 is 0 Å². The van der Waals surface area contributed by atoms with Gasteiger partial charge < -0.3 is 20.1 Å². The number of hydrogen-bond donors (Lipinski definition) is 2. The Bertz CT molecular complexity index is 1100. The summed E-state index contributed by atoms with van der Waals surface area (Å²) in [5.74, 6) is 0.966. The summed E-state index contributed by atoms with van der Waals surface area (Å²) in [6.07, 6.45) is 3.53. The number of rotatable bonds is 6. The van der Waals surface area contributed by atoms with Crippen LogP contribution in [0.1, 0.15) is 35.6 Å². The SMILES string of the molecule is CSCCC(NC(=O)N1CC2CC(C1)c1cccc(=O)n1C2)C(=O)Nc1cc(C)ccc1C. The van der Waals surface area contributed by atoms with Gasteiger partial charge in [-0.3, -0.25) is 9.59 Å². The summed E-state index contributed by atoms with van der Waals surface area (Å²) in [6, 6.07) is 10.5. The first-order chi connectivity index (χ1) is 15.9. The number of amides is 3. The third-order valence-electron chi connectivity index (χ3n) is 6.64. The van der Waals surface area contributed by atoms with Gasteiger partial charge >= 0.3 is 6.03 Å². The average molecular weight is 469 g/mol. The lowest BCUT2D eigenvalue weighted by atomic mass is 9.83. The van der Waals surface area contributed by atoms with Gasteiger partial charge in [0.1, 0.15) is 6.04 Å². The normalized spacial score (nSPS) is 20.0. The van der Waals surface area contributed by atoms with Crippen molar-refractivity contribution in [2.45, 2.75) is 45.2 Å². The highest BCUT2D eigenvalue weighted by Gasteiger charge is 2.37. The topological polar surface area (TPSA) is 83.4 Å². The predicted octanol–water partition coefficient (Wildman–Crippen LogP) is 3.35. The zero-order valence-electron chi connectivity index (χ0n) is 19.5. The highest BCUT2D eigenvalue weighted by atomic mass is 32.2. The van der Waals surface area contributed by atoms with Crippen LogP contribution < -0.4 is 16.2 Å². The third-order valence-corrected chi connectivity index (χ3v) is 7.29. The molecule has 2 aromatic rings. The van der Waals surface area contributed by atoms with E-state index in [4.69, 9.17) is 0 Å². The third kappa shape index (κ3) is 5.27. The minimum absolute atomic E-state index is 0.0281. The molecule has 8 heteroatoms. The lowest BCUT2D eigenvalue weighted by molar-refractivity contribution is -0.118. The van der Waals surface area contributed by atoms with Crippen LogP contribution in [-0.4, -0.2) is 52.5 Å². The summed E-state index contributed by atoms with van der Waals surface area (Å²) in [4.78, 5) is 40.4. The highest BCUT2D eigenvalue weighted by Crippen LogP contribution is 2.34. The first kappa shape index (κ1) is 23.4. The zero-order chi connectivity index (χ0) is 23.5. The van der Waals surface area contributed by atoms with Crippen LogP contribution in [0.15, 0.2) is 41.2 Å². The summed E-state index contributed by atoms with van der Waals surface area (Å²) < 4.78 is 1.85. The van der Waals surface area contributed by atoms with Crippen molar-refractivity contribution in [3.05, 3.63) is 63.6 Å². The Morgan fingerprint density at radius 1 is 1.15 bits per heavy atom. The van der Waals surface area contributed by atoms with Crippen LogP contribution in [0.3, 0.4) is 0 Å². The number of aromatic nitrogens is 1. The molecule has 1 aromatic carbocycles. The van der Waals surface area contributed by atoms with Crippen molar-refractivity contribution >= 4 is 29.4 Å². The second-order valence-corrected chi connectivity index (χ2v) is 10.2. The van der Waals surface area contributed by atoms with Crippen LogP contribution in [0.2, 0.25) is 0 Å². The molecule has 3 unspecified atom stereocenters. The molecule has 0 radical (unpaired) electrons. The summed E-state index contributed by atoms with van der Waals surface area (Å²) in [5, 5.41) is 6.00. The molecular formula is C25H32N4O3S. The van der Waals surface area contributed by atoms with E-state index in [1.54, 1.807) is 23.9 Å². The van der Waals surface area contributed by atoms with Gasteiger partial charge in [-0.15, -0.1) is 0 Å². The maximum Gasteiger partial charge on any atom is 0.318 e. The molecule has 4 rings (SSSR count). The van der Waals surface area contributed by atoms with Gasteiger partial charge in [-0.25, -0.2) is 4.79 Å². The molecule has 3 amide bonds. The fourth-order valence-corrected chi connectivity index (χ4v) is 5.37. The van der Waals surface area contributed by atoms with Crippen molar-refractivity contribution in [1.29, 1.82) is 0 Å². The van der Waals surface area contributed by atoms with Crippen molar-refractivity contribution in [2.75, 3.05) is 30.4 Å². The van der Waals surface area contributed by atoms with Crippen LogP contribution in [0.5, 0.6) is 0 Å². The lowest BCUT2D eigenvalue weighted by Gasteiger charge is -2.43. The first-order valence-electron chi connectivity index (χ1n) is 11.5. The molecule has 0 spiro atoms. The largest absolute Gasteiger partial charge is 0.326 e. The van der Waals surface area contributed by atoms with Crippen molar-refractivity contribution in [2.24, 2.45) is 5.92 Å². The van der Waals surface area contributed by atoms with Crippen molar-refractivity contribution < 1.29 is 9.59 Å². The molecule has 33 heavy (non-hydrogen) atoms. The van der Waals surface area contributed by atoms with Crippen LogP contribution in [0.25, 0.3) is 0 Å². The van der Waals surface area contributed by atoms with Gasteiger partial charge in [0.05, 0.1) is 0 Å². The van der Waals surface area contributed by atoms with Gasteiger partial charge in [0.15, 0.2) is 0 Å². The molecule has 3 heterocycles. The van der Waals surface area contributed by atoms with Gasteiger partial charge in [0, 0.05) is 43.0 Å². The molecule has 7 nitrogen and oxygen atoms in total. The number of urea groups is 1. The number of nitrogens with zero attached hydrogens (tertiary/aromatic N) is 2. The summed E-state index contributed by atoms with van der Waals surface area (Å²) in [7, 11) is 0. The molecule has 1 fully saturated rings. The number of piperidine rings is 1. The molecule has 176 valence electrons. The molecule has 2 bridgehead atoms. The number of nitrogens with one attached hydrogen (secondary N) is 2. The molecular weight excluding hydrogens is 436 g/mol. The average Bonchev–Trinajstić information content (AvgIpc) is 2.79. The smallest absolute Gasteiger partial charge is 0.318 e. The second-order valence-electron chi connectivity index (χ2n) is 9.19. The summed E-state index contributed by atoms with van der Waals surface area (Å²) in [5.41, 5.74) is 3.86. The van der Waals surface area contributed by atoms with Crippen LogP contribution in [0.4, 0.5) is 10.5 Å². The molecule has 3 atom stereocenters. The standard InChI is InChI=1S/C25H32N4O3S/c1-16-7-8-17(2)21(11-16)26-24(31)20(9-10-33-3)27-25(32)28-13-18-12-19(15-28)22-5-4-6-23(30)29(22)14-18/h4-8,11,18-20H,9-10,12-15H2,1-3H3,(H,26,31)(H,27,32). The number of pyridine rings is 1. The Labute approximate surface area is 198 Å². The Balaban J connectivity index is 1.46. The van der Waals surface area contributed by atoms with E-state index in [9.17, 15) is 14.4 Å². The van der Waals surface area contributed by atoms with E-state index in [2.05, 4.69) is 10.6 Å². The van der Waals surface area contributed by atoms with Gasteiger partial charge in [-0.1, -0.05) is 18.2 Å². The Kier molecular flexibility index (Phi) is 7.12. The maximum absolute atomic E-state index is 13.2. The molecule has 2 aliphatic rings. The van der Waals surface area contributed by atoms with Gasteiger partial charge in [0.25, 0.3) is 5.56 Å². The zero-order valence-corrected chi connectivity index (χ0v) is 20.3. The maximum atomic E-state index is 13.2. The van der Waals surface area contributed by atoms with E-state index in [0.717, 1.165) is 34.7 Å². The molecule has 0 aliphatic carbocycles. The summed E-state index contributed by atoms with van der Waals surface area (Å²) in [6.45, 7) is 5.73. The Morgan fingerprint density at radius 3 is 2.76 bits per heavy atom. The number of likely N-dealkylation sites (tertiary alicyclic amines) is 1. The number of carbonyl (C=O) groups is 2. The van der Waals surface area contributed by atoms with Crippen molar-refractivity contribution in [1.82, 2.24) is 14.8 Å². The fourth-order valence-electron chi connectivity index (χ4n) is 4.90. The van der Waals surface area contributed by atoms with Crippen molar-refractivity contribution in [3.8, 4) is 0 Å².